The first-order valence-corrected chi connectivity index (χ1v) is 7.01. The second kappa shape index (κ2) is 6.81. The highest BCUT2D eigenvalue weighted by molar-refractivity contribution is 5.52. The maximum absolute atomic E-state index is 5.52. The minimum absolute atomic E-state index is 0.680. The van der Waals surface area contributed by atoms with Crippen molar-refractivity contribution in [3.05, 3.63) is 72.4 Å². The third-order valence-corrected chi connectivity index (χ3v) is 3.21. The summed E-state index contributed by atoms with van der Waals surface area (Å²) in [6.07, 6.45) is 6.19. The van der Waals surface area contributed by atoms with Crippen molar-refractivity contribution < 1.29 is 4.42 Å². The van der Waals surface area contributed by atoms with Crippen LogP contribution < -0.4 is 5.32 Å². The van der Waals surface area contributed by atoms with Gasteiger partial charge in [-0.05, 0) is 29.8 Å². The van der Waals surface area contributed by atoms with Crippen molar-refractivity contribution in [3.8, 4) is 11.5 Å². The highest BCUT2D eigenvalue weighted by Crippen LogP contribution is 2.17. The predicted octanol–water partition coefficient (Wildman–Crippen LogP) is 3.07. The predicted molar refractivity (Wildman–Crippen MR) is 81.6 cm³/mol. The van der Waals surface area contributed by atoms with Crippen LogP contribution in [0.3, 0.4) is 0 Å². The second-order valence-electron chi connectivity index (χ2n) is 4.79. The van der Waals surface area contributed by atoms with Gasteiger partial charge in [-0.25, -0.2) is 4.98 Å². The molecule has 1 aromatic carbocycles. The Morgan fingerprint density at radius 2 is 1.81 bits per heavy atom. The van der Waals surface area contributed by atoms with Gasteiger partial charge in [0, 0.05) is 37.5 Å². The minimum atomic E-state index is 0.680. The monoisotopic (exact) mass is 279 g/mol. The SMILES string of the molecule is c1ccc(-c2nc(CCNCc3ccncc3)co2)cc1. The molecule has 0 saturated carbocycles. The van der Waals surface area contributed by atoms with Gasteiger partial charge in [-0.15, -0.1) is 0 Å². The number of nitrogens with one attached hydrogen (secondary N) is 1. The van der Waals surface area contributed by atoms with Crippen molar-refractivity contribution in [2.45, 2.75) is 13.0 Å². The molecular formula is C17H17N3O. The molecule has 21 heavy (non-hydrogen) atoms. The summed E-state index contributed by atoms with van der Waals surface area (Å²) in [7, 11) is 0. The fourth-order valence-corrected chi connectivity index (χ4v) is 2.08. The van der Waals surface area contributed by atoms with Gasteiger partial charge in [-0.1, -0.05) is 18.2 Å². The summed E-state index contributed by atoms with van der Waals surface area (Å²) in [6, 6.07) is 14.0. The summed E-state index contributed by atoms with van der Waals surface area (Å²) in [5.41, 5.74) is 3.21. The lowest BCUT2D eigenvalue weighted by Gasteiger charge is -2.02. The minimum Gasteiger partial charge on any atom is -0.444 e. The summed E-state index contributed by atoms with van der Waals surface area (Å²) in [5.74, 6) is 0.680. The van der Waals surface area contributed by atoms with Gasteiger partial charge in [-0.2, -0.15) is 0 Å². The molecule has 2 aromatic heterocycles. The van der Waals surface area contributed by atoms with Gasteiger partial charge in [-0.3, -0.25) is 4.98 Å². The van der Waals surface area contributed by atoms with Crippen molar-refractivity contribution in [2.24, 2.45) is 0 Å². The fraction of sp³-hybridized carbons (Fsp3) is 0.176. The van der Waals surface area contributed by atoms with Crippen LogP contribution in [0.25, 0.3) is 11.5 Å². The van der Waals surface area contributed by atoms with Crippen LogP contribution in [0.15, 0.2) is 65.5 Å². The van der Waals surface area contributed by atoms with Crippen LogP contribution in [0.1, 0.15) is 11.3 Å². The Balaban J connectivity index is 1.49. The molecule has 0 unspecified atom stereocenters. The van der Waals surface area contributed by atoms with Gasteiger partial charge >= 0.3 is 0 Å². The first kappa shape index (κ1) is 13.5. The number of hydrogen-bond acceptors (Lipinski definition) is 4. The van der Waals surface area contributed by atoms with Gasteiger partial charge < -0.3 is 9.73 Å². The van der Waals surface area contributed by atoms with Crippen molar-refractivity contribution in [3.63, 3.8) is 0 Å². The first-order chi connectivity index (χ1) is 10.4. The fourth-order valence-electron chi connectivity index (χ4n) is 2.08. The highest BCUT2D eigenvalue weighted by Gasteiger charge is 2.05. The van der Waals surface area contributed by atoms with Gasteiger partial charge in [0.15, 0.2) is 0 Å². The van der Waals surface area contributed by atoms with Gasteiger partial charge in [0.25, 0.3) is 0 Å². The molecule has 0 fully saturated rings. The molecule has 0 aliphatic carbocycles. The van der Waals surface area contributed by atoms with Gasteiger partial charge in [0.2, 0.25) is 5.89 Å². The molecule has 106 valence electrons. The lowest BCUT2D eigenvalue weighted by Crippen LogP contribution is -2.16. The van der Waals surface area contributed by atoms with E-state index in [1.165, 1.54) is 5.56 Å². The van der Waals surface area contributed by atoms with E-state index in [0.717, 1.165) is 30.8 Å². The molecule has 0 amide bonds. The van der Waals surface area contributed by atoms with Crippen LogP contribution in [0.4, 0.5) is 0 Å². The number of aromatic nitrogens is 2. The molecule has 3 aromatic rings. The van der Waals surface area contributed by atoms with E-state index >= 15 is 0 Å². The summed E-state index contributed by atoms with van der Waals surface area (Å²) < 4.78 is 5.52. The van der Waals surface area contributed by atoms with Crippen LogP contribution in [-0.2, 0) is 13.0 Å². The Kier molecular flexibility index (Phi) is 4.39. The third-order valence-electron chi connectivity index (χ3n) is 3.21. The van der Waals surface area contributed by atoms with Crippen LogP contribution in [-0.4, -0.2) is 16.5 Å². The molecule has 0 atom stereocenters. The molecule has 0 aliphatic rings. The molecule has 0 bridgehead atoms. The second-order valence-corrected chi connectivity index (χ2v) is 4.79. The highest BCUT2D eigenvalue weighted by atomic mass is 16.3. The van der Waals surface area contributed by atoms with E-state index in [2.05, 4.69) is 15.3 Å². The van der Waals surface area contributed by atoms with E-state index in [1.54, 1.807) is 18.7 Å². The van der Waals surface area contributed by atoms with Gasteiger partial charge in [0.1, 0.15) is 6.26 Å². The number of oxazole rings is 1. The van der Waals surface area contributed by atoms with E-state index in [4.69, 9.17) is 4.42 Å². The smallest absolute Gasteiger partial charge is 0.226 e. The van der Waals surface area contributed by atoms with Crippen molar-refractivity contribution in [2.75, 3.05) is 6.54 Å². The summed E-state index contributed by atoms with van der Waals surface area (Å²) in [4.78, 5) is 8.51. The van der Waals surface area contributed by atoms with E-state index in [0.29, 0.717) is 5.89 Å². The van der Waals surface area contributed by atoms with Crippen molar-refractivity contribution >= 4 is 0 Å². The Morgan fingerprint density at radius 3 is 2.62 bits per heavy atom. The zero-order valence-electron chi connectivity index (χ0n) is 11.7. The Morgan fingerprint density at radius 1 is 1.00 bits per heavy atom. The molecule has 2 heterocycles. The van der Waals surface area contributed by atoms with Crippen LogP contribution in [0, 0.1) is 0 Å². The normalized spacial score (nSPS) is 10.7. The molecule has 3 rings (SSSR count). The molecule has 0 aliphatic heterocycles. The van der Waals surface area contributed by atoms with Gasteiger partial charge in [0.05, 0.1) is 5.69 Å². The maximum atomic E-state index is 5.52. The maximum Gasteiger partial charge on any atom is 0.226 e. The Hall–Kier alpha value is -2.46. The number of pyridine rings is 1. The van der Waals surface area contributed by atoms with Crippen molar-refractivity contribution in [1.82, 2.24) is 15.3 Å². The molecule has 0 saturated heterocycles. The van der Waals surface area contributed by atoms with Crippen LogP contribution in [0.5, 0.6) is 0 Å². The average Bonchev–Trinajstić information content (AvgIpc) is 3.02. The third kappa shape index (κ3) is 3.77. The van der Waals surface area contributed by atoms with Crippen molar-refractivity contribution in [1.29, 1.82) is 0 Å². The average molecular weight is 279 g/mol. The number of nitrogens with zero attached hydrogens (tertiary/aromatic N) is 2. The number of benzene rings is 1. The Bertz CT molecular complexity index is 665. The number of rotatable bonds is 6. The standard InChI is InChI=1S/C17H17N3O/c1-2-4-15(5-3-1)17-20-16(13-21-17)8-11-19-12-14-6-9-18-10-7-14/h1-7,9-10,13,19H,8,11-12H2. The molecule has 1 N–H and O–H groups in total. The quantitative estimate of drug-likeness (QED) is 0.705. The zero-order valence-corrected chi connectivity index (χ0v) is 11.7. The number of hydrogen-bond donors (Lipinski definition) is 1. The zero-order chi connectivity index (χ0) is 14.3. The summed E-state index contributed by atoms with van der Waals surface area (Å²) >= 11 is 0. The first-order valence-electron chi connectivity index (χ1n) is 7.01. The lowest BCUT2D eigenvalue weighted by atomic mass is 10.2. The lowest BCUT2D eigenvalue weighted by molar-refractivity contribution is 0.571. The molecule has 0 radical (unpaired) electrons. The van der Waals surface area contributed by atoms with E-state index in [9.17, 15) is 0 Å². The van der Waals surface area contributed by atoms with Crippen LogP contribution in [0.2, 0.25) is 0 Å². The van der Waals surface area contributed by atoms with E-state index in [1.807, 2.05) is 42.5 Å². The van der Waals surface area contributed by atoms with E-state index in [-0.39, 0.29) is 0 Å². The van der Waals surface area contributed by atoms with Crippen LogP contribution >= 0.6 is 0 Å². The Labute approximate surface area is 123 Å². The molecular weight excluding hydrogens is 262 g/mol. The summed E-state index contributed by atoms with van der Waals surface area (Å²) in [5, 5.41) is 3.39. The van der Waals surface area contributed by atoms with E-state index < -0.39 is 0 Å². The molecule has 4 heteroatoms. The largest absolute Gasteiger partial charge is 0.444 e. The molecule has 0 spiro atoms. The molecule has 4 nitrogen and oxygen atoms in total. The summed E-state index contributed by atoms with van der Waals surface area (Å²) in [6.45, 7) is 1.70. The topological polar surface area (TPSA) is 51.0 Å².